The summed E-state index contributed by atoms with van der Waals surface area (Å²) >= 11 is 0. The minimum Gasteiger partial charge on any atom is -0.365 e. The van der Waals surface area contributed by atoms with Crippen molar-refractivity contribution < 1.29 is 4.39 Å². The molecule has 8 heteroatoms. The molecule has 1 aromatic carbocycles. The second kappa shape index (κ2) is 7.55. The molecule has 0 saturated carbocycles. The molecule has 3 aromatic rings. The lowest BCUT2D eigenvalue weighted by Gasteiger charge is -2.30. The van der Waals surface area contributed by atoms with Gasteiger partial charge in [0.2, 0.25) is 0 Å². The Morgan fingerprint density at radius 3 is 2.63 bits per heavy atom. The lowest BCUT2D eigenvalue weighted by Crippen LogP contribution is -2.48. The van der Waals surface area contributed by atoms with Crippen molar-refractivity contribution >= 4 is 5.57 Å². The predicted molar refractivity (Wildman–Crippen MR) is 113 cm³/mol. The average molecular weight is 405 g/mol. The number of piperidine rings is 1. The quantitative estimate of drug-likeness (QED) is 0.621. The first kappa shape index (κ1) is 18.8. The SMILES string of the molecule is NC1(c2ccnn2-c2ccc(F)cc2)C=CC(c2cnn(C3CCNCC3)c2)=CN1. The molecule has 1 unspecified atom stereocenters. The molecule has 1 saturated heterocycles. The van der Waals surface area contributed by atoms with Crippen molar-refractivity contribution in [3.63, 3.8) is 0 Å². The summed E-state index contributed by atoms with van der Waals surface area (Å²) in [5, 5.41) is 15.6. The molecule has 7 nitrogen and oxygen atoms in total. The first-order valence-electron chi connectivity index (χ1n) is 10.1. The minimum atomic E-state index is -0.931. The Morgan fingerprint density at radius 1 is 1.10 bits per heavy atom. The molecule has 2 aliphatic rings. The van der Waals surface area contributed by atoms with Crippen molar-refractivity contribution in [2.75, 3.05) is 13.1 Å². The van der Waals surface area contributed by atoms with Gasteiger partial charge in [0, 0.05) is 29.7 Å². The molecule has 0 bridgehead atoms. The average Bonchev–Trinajstić information content (AvgIpc) is 3.46. The topological polar surface area (TPSA) is 85.7 Å². The summed E-state index contributed by atoms with van der Waals surface area (Å²) < 4.78 is 17.1. The van der Waals surface area contributed by atoms with Gasteiger partial charge in [-0.15, -0.1) is 0 Å². The van der Waals surface area contributed by atoms with E-state index in [1.54, 1.807) is 23.0 Å². The second-order valence-corrected chi connectivity index (χ2v) is 7.74. The fraction of sp³-hybridized carbons (Fsp3) is 0.273. The number of nitrogens with one attached hydrogen (secondary N) is 2. The maximum atomic E-state index is 13.3. The Labute approximate surface area is 174 Å². The summed E-state index contributed by atoms with van der Waals surface area (Å²) in [6, 6.07) is 8.48. The van der Waals surface area contributed by atoms with Crippen LogP contribution < -0.4 is 16.4 Å². The highest BCUT2D eigenvalue weighted by Crippen LogP contribution is 2.28. The van der Waals surface area contributed by atoms with Crippen molar-refractivity contribution in [3.05, 3.63) is 84.3 Å². The molecule has 0 spiro atoms. The van der Waals surface area contributed by atoms with Crippen LogP contribution in [0.3, 0.4) is 0 Å². The van der Waals surface area contributed by atoms with Gasteiger partial charge in [0.25, 0.3) is 0 Å². The molecule has 1 atom stereocenters. The Bertz CT molecular complexity index is 1090. The lowest BCUT2D eigenvalue weighted by molar-refractivity contribution is 0.343. The lowest BCUT2D eigenvalue weighted by atomic mass is 9.99. The highest BCUT2D eigenvalue weighted by molar-refractivity contribution is 5.74. The van der Waals surface area contributed by atoms with Gasteiger partial charge in [-0.25, -0.2) is 9.07 Å². The van der Waals surface area contributed by atoms with E-state index in [0.29, 0.717) is 6.04 Å². The molecule has 4 N–H and O–H groups in total. The number of hydrogen-bond acceptors (Lipinski definition) is 5. The number of nitrogens with two attached hydrogens (primary N) is 1. The molecule has 0 radical (unpaired) electrons. The van der Waals surface area contributed by atoms with Crippen LogP contribution in [0.25, 0.3) is 11.3 Å². The zero-order chi connectivity index (χ0) is 20.6. The van der Waals surface area contributed by atoms with Gasteiger partial charge >= 0.3 is 0 Å². The predicted octanol–water partition coefficient (Wildman–Crippen LogP) is 2.44. The summed E-state index contributed by atoms with van der Waals surface area (Å²) in [6.07, 6.45) is 13.7. The molecule has 154 valence electrons. The van der Waals surface area contributed by atoms with Crippen LogP contribution in [0.1, 0.15) is 30.1 Å². The van der Waals surface area contributed by atoms with Gasteiger partial charge in [-0.1, -0.05) is 6.08 Å². The molecule has 5 rings (SSSR count). The number of allylic oxidation sites excluding steroid dienone is 2. The molecule has 1 fully saturated rings. The molecule has 2 aliphatic heterocycles. The second-order valence-electron chi connectivity index (χ2n) is 7.74. The number of benzene rings is 1. The molecule has 30 heavy (non-hydrogen) atoms. The van der Waals surface area contributed by atoms with Gasteiger partial charge in [0.05, 0.1) is 23.6 Å². The van der Waals surface area contributed by atoms with E-state index in [9.17, 15) is 4.39 Å². The number of dihydropyridines is 1. The first-order chi connectivity index (χ1) is 14.6. The Balaban J connectivity index is 1.37. The van der Waals surface area contributed by atoms with E-state index in [1.807, 2.05) is 30.6 Å². The van der Waals surface area contributed by atoms with Crippen LogP contribution in [0.4, 0.5) is 4.39 Å². The Kier molecular flexibility index (Phi) is 4.72. The van der Waals surface area contributed by atoms with Crippen LogP contribution in [-0.2, 0) is 5.66 Å². The van der Waals surface area contributed by atoms with Gasteiger partial charge in [-0.05, 0) is 62.3 Å². The standard InChI is InChI=1S/C22H24FN7/c23-18-1-3-20(4-2-18)30-21(8-12-27-30)22(24)9-5-16(13-26-22)17-14-28-29(15-17)19-6-10-25-11-7-19/h1-5,8-9,12-15,19,25-26H,6-7,10-11,24H2. The summed E-state index contributed by atoms with van der Waals surface area (Å²) in [4.78, 5) is 0. The fourth-order valence-electron chi connectivity index (χ4n) is 4.02. The largest absolute Gasteiger partial charge is 0.365 e. The zero-order valence-electron chi connectivity index (χ0n) is 16.5. The highest BCUT2D eigenvalue weighted by atomic mass is 19.1. The molecule has 4 heterocycles. The van der Waals surface area contributed by atoms with Gasteiger partial charge in [-0.3, -0.25) is 4.68 Å². The molecule has 2 aromatic heterocycles. The van der Waals surface area contributed by atoms with E-state index >= 15 is 0 Å². The maximum Gasteiger partial charge on any atom is 0.149 e. The number of rotatable bonds is 4. The molecule has 0 amide bonds. The minimum absolute atomic E-state index is 0.289. The van der Waals surface area contributed by atoms with Crippen LogP contribution >= 0.6 is 0 Å². The Hall–Kier alpha value is -3.23. The third-order valence-electron chi connectivity index (χ3n) is 5.75. The molecule has 0 aliphatic carbocycles. The van der Waals surface area contributed by atoms with Crippen molar-refractivity contribution in [1.82, 2.24) is 30.2 Å². The normalized spacial score (nSPS) is 22.0. The monoisotopic (exact) mass is 405 g/mol. The van der Waals surface area contributed by atoms with Crippen molar-refractivity contribution in [3.8, 4) is 5.69 Å². The van der Waals surface area contributed by atoms with Crippen molar-refractivity contribution in [2.45, 2.75) is 24.5 Å². The summed E-state index contributed by atoms with van der Waals surface area (Å²) in [7, 11) is 0. The first-order valence-corrected chi connectivity index (χ1v) is 10.1. The number of aromatic nitrogens is 4. The smallest absolute Gasteiger partial charge is 0.149 e. The van der Waals surface area contributed by atoms with Gasteiger partial charge in [0.15, 0.2) is 0 Å². The zero-order valence-corrected chi connectivity index (χ0v) is 16.5. The van der Waals surface area contributed by atoms with E-state index < -0.39 is 5.66 Å². The maximum absolute atomic E-state index is 13.3. The van der Waals surface area contributed by atoms with Crippen LogP contribution in [0.5, 0.6) is 0 Å². The summed E-state index contributed by atoms with van der Waals surface area (Å²) in [6.45, 7) is 2.06. The number of nitrogens with zero attached hydrogens (tertiary/aromatic N) is 4. The van der Waals surface area contributed by atoms with E-state index in [2.05, 4.69) is 31.7 Å². The third-order valence-corrected chi connectivity index (χ3v) is 5.75. The summed E-state index contributed by atoms with van der Waals surface area (Å²) in [5.41, 5.74) is 9.28. The van der Waals surface area contributed by atoms with E-state index in [4.69, 9.17) is 5.73 Å². The Morgan fingerprint density at radius 2 is 1.90 bits per heavy atom. The van der Waals surface area contributed by atoms with Crippen LogP contribution in [-0.4, -0.2) is 32.7 Å². The van der Waals surface area contributed by atoms with E-state index in [1.165, 1.54) is 12.1 Å². The van der Waals surface area contributed by atoms with Crippen LogP contribution in [0.2, 0.25) is 0 Å². The van der Waals surface area contributed by atoms with Crippen molar-refractivity contribution in [2.24, 2.45) is 5.73 Å². The summed E-state index contributed by atoms with van der Waals surface area (Å²) in [5.74, 6) is -0.289. The van der Waals surface area contributed by atoms with Crippen molar-refractivity contribution in [1.29, 1.82) is 0 Å². The number of hydrogen-bond donors (Lipinski definition) is 3. The number of halogens is 1. The van der Waals surface area contributed by atoms with Gasteiger partial charge < -0.3 is 16.4 Å². The third kappa shape index (κ3) is 3.44. The highest BCUT2D eigenvalue weighted by Gasteiger charge is 2.30. The van der Waals surface area contributed by atoms with Gasteiger partial charge in [-0.2, -0.15) is 10.2 Å². The van der Waals surface area contributed by atoms with E-state index in [0.717, 1.165) is 48.4 Å². The van der Waals surface area contributed by atoms with Gasteiger partial charge in [0.1, 0.15) is 11.5 Å². The molecular formula is C22H24FN7. The van der Waals surface area contributed by atoms with E-state index in [-0.39, 0.29) is 5.82 Å². The van der Waals surface area contributed by atoms with Crippen LogP contribution in [0.15, 0.2) is 67.3 Å². The van der Waals surface area contributed by atoms with Crippen LogP contribution in [0, 0.1) is 5.82 Å². The molecular weight excluding hydrogens is 381 g/mol. The fourth-order valence-corrected chi connectivity index (χ4v) is 4.02.